The minimum Gasteiger partial charge on any atom is -0.316 e. The van der Waals surface area contributed by atoms with Gasteiger partial charge in [-0.2, -0.15) is 0 Å². The summed E-state index contributed by atoms with van der Waals surface area (Å²) in [6.45, 7) is 0.919. The maximum Gasteiger partial charge on any atom is 0.258 e. The molecule has 0 atom stereocenters. The van der Waals surface area contributed by atoms with Gasteiger partial charge < -0.3 is 5.32 Å². The minimum absolute atomic E-state index is 0.0352. The van der Waals surface area contributed by atoms with E-state index in [0.29, 0.717) is 6.54 Å². The van der Waals surface area contributed by atoms with Crippen LogP contribution in [0.2, 0.25) is 0 Å². The van der Waals surface area contributed by atoms with Gasteiger partial charge >= 0.3 is 0 Å². The summed E-state index contributed by atoms with van der Waals surface area (Å²) in [6.07, 6.45) is 1.56. The van der Waals surface area contributed by atoms with Crippen LogP contribution in [0.5, 0.6) is 0 Å². The summed E-state index contributed by atoms with van der Waals surface area (Å²) >= 11 is 4.84. The summed E-state index contributed by atoms with van der Waals surface area (Å²) in [7, 11) is -1.75. The molecule has 0 unspecified atom stereocenters. The van der Waals surface area contributed by atoms with Crippen LogP contribution >= 0.6 is 27.3 Å². The van der Waals surface area contributed by atoms with Crippen molar-refractivity contribution < 1.29 is 8.42 Å². The number of hydrogen-bond acceptors (Lipinski definition) is 5. The molecule has 0 radical (unpaired) electrons. The third-order valence-electron chi connectivity index (χ3n) is 2.52. The van der Waals surface area contributed by atoms with Crippen molar-refractivity contribution in [1.29, 1.82) is 0 Å². The van der Waals surface area contributed by atoms with Gasteiger partial charge in [0.05, 0.1) is 3.79 Å². The largest absolute Gasteiger partial charge is 0.316 e. The Balaban J connectivity index is 2.05. The number of nitrogens with one attached hydrogen (secondary N) is 2. The van der Waals surface area contributed by atoms with Crippen LogP contribution in [0.25, 0.3) is 0 Å². The van der Waals surface area contributed by atoms with Crippen LogP contribution < -0.4 is 10.0 Å². The lowest BCUT2D eigenvalue weighted by atomic mass is 10.3. The molecule has 0 saturated carbocycles. The molecule has 0 aromatic carbocycles. The van der Waals surface area contributed by atoms with Gasteiger partial charge in [-0.1, -0.05) is 6.07 Å². The van der Waals surface area contributed by atoms with Gasteiger partial charge in [0.25, 0.3) is 10.0 Å². The standard InChI is InChI=1S/C12H14BrN3O2S2/c1-14-6-9-2-5-12(15-7-9)20(17,18)16-8-10-3-4-11(13)19-10/h2-5,7,14,16H,6,8H2,1H3. The SMILES string of the molecule is CNCc1ccc(S(=O)(=O)NCc2ccc(Br)s2)nc1. The highest BCUT2D eigenvalue weighted by molar-refractivity contribution is 9.11. The predicted molar refractivity (Wildman–Crippen MR) is 83.0 cm³/mol. The normalized spacial score (nSPS) is 11.7. The van der Waals surface area contributed by atoms with E-state index in [-0.39, 0.29) is 11.6 Å². The first kappa shape index (κ1) is 15.6. The van der Waals surface area contributed by atoms with Gasteiger partial charge in [-0.3, -0.25) is 0 Å². The highest BCUT2D eigenvalue weighted by Crippen LogP contribution is 2.22. The molecule has 0 aliphatic carbocycles. The van der Waals surface area contributed by atoms with E-state index in [0.717, 1.165) is 14.2 Å². The topological polar surface area (TPSA) is 71.1 Å². The molecule has 2 aromatic rings. The molecule has 0 fully saturated rings. The van der Waals surface area contributed by atoms with E-state index in [2.05, 4.69) is 31.0 Å². The van der Waals surface area contributed by atoms with Crippen molar-refractivity contribution in [2.45, 2.75) is 18.1 Å². The van der Waals surface area contributed by atoms with Crippen LogP contribution in [0.1, 0.15) is 10.4 Å². The molecule has 108 valence electrons. The summed E-state index contributed by atoms with van der Waals surface area (Å²) in [5, 5.41) is 3.02. The third-order valence-corrected chi connectivity index (χ3v) is 5.46. The Bertz CT molecular complexity index is 668. The molecule has 8 heteroatoms. The Kier molecular flexibility index (Phi) is 5.28. The first-order valence-corrected chi connectivity index (χ1v) is 8.94. The van der Waals surface area contributed by atoms with Gasteiger partial charge in [0.15, 0.2) is 5.03 Å². The zero-order chi connectivity index (χ0) is 14.6. The summed E-state index contributed by atoms with van der Waals surface area (Å²) in [4.78, 5) is 4.93. The van der Waals surface area contributed by atoms with E-state index in [1.54, 1.807) is 12.3 Å². The number of halogens is 1. The fourth-order valence-electron chi connectivity index (χ4n) is 1.57. The second-order valence-corrected chi connectivity index (χ2v) is 8.33. The van der Waals surface area contributed by atoms with Crippen molar-refractivity contribution in [2.75, 3.05) is 7.05 Å². The van der Waals surface area contributed by atoms with Crippen LogP contribution in [0.3, 0.4) is 0 Å². The summed E-state index contributed by atoms with van der Waals surface area (Å²) in [5.74, 6) is 0. The van der Waals surface area contributed by atoms with Gasteiger partial charge in [0.2, 0.25) is 0 Å². The maximum absolute atomic E-state index is 12.1. The molecule has 0 aliphatic heterocycles. The first-order valence-electron chi connectivity index (χ1n) is 5.84. The van der Waals surface area contributed by atoms with Crippen LogP contribution in [0.15, 0.2) is 39.3 Å². The molecule has 2 rings (SSSR count). The maximum atomic E-state index is 12.1. The highest BCUT2D eigenvalue weighted by atomic mass is 79.9. The Labute approximate surface area is 130 Å². The molecule has 2 aromatic heterocycles. The van der Waals surface area contributed by atoms with Gasteiger partial charge in [0.1, 0.15) is 0 Å². The van der Waals surface area contributed by atoms with E-state index in [1.165, 1.54) is 17.4 Å². The van der Waals surface area contributed by atoms with Gasteiger partial charge in [0, 0.05) is 24.2 Å². The Hall–Kier alpha value is -0.800. The van der Waals surface area contributed by atoms with Gasteiger partial charge in [-0.25, -0.2) is 18.1 Å². The molecule has 0 amide bonds. The second kappa shape index (κ2) is 6.77. The lowest BCUT2D eigenvalue weighted by molar-refractivity contribution is 0.577. The lowest BCUT2D eigenvalue weighted by Gasteiger charge is -2.06. The third kappa shape index (κ3) is 4.10. The number of nitrogens with zero attached hydrogens (tertiary/aromatic N) is 1. The minimum atomic E-state index is -3.57. The predicted octanol–water partition coefficient (Wildman–Crippen LogP) is 2.10. The molecular formula is C12H14BrN3O2S2. The van der Waals surface area contributed by atoms with Crippen molar-refractivity contribution in [3.05, 3.63) is 44.7 Å². The fourth-order valence-corrected chi connectivity index (χ4v) is 4.01. The number of aromatic nitrogens is 1. The Morgan fingerprint density at radius 3 is 2.60 bits per heavy atom. The molecule has 0 saturated heterocycles. The van der Waals surface area contributed by atoms with Crippen molar-refractivity contribution in [3.8, 4) is 0 Å². The molecule has 0 bridgehead atoms. The number of hydrogen-bond donors (Lipinski definition) is 2. The summed E-state index contributed by atoms with van der Waals surface area (Å²) in [5.41, 5.74) is 0.939. The van der Waals surface area contributed by atoms with Crippen LogP contribution in [0.4, 0.5) is 0 Å². The highest BCUT2D eigenvalue weighted by Gasteiger charge is 2.15. The quantitative estimate of drug-likeness (QED) is 0.810. The van der Waals surface area contributed by atoms with E-state index >= 15 is 0 Å². The average Bonchev–Trinajstić information content (AvgIpc) is 2.84. The lowest BCUT2D eigenvalue weighted by Crippen LogP contribution is -2.23. The van der Waals surface area contributed by atoms with Crippen LogP contribution in [-0.2, 0) is 23.1 Å². The average molecular weight is 376 g/mol. The molecule has 0 spiro atoms. The van der Waals surface area contributed by atoms with Gasteiger partial charge in [-0.05, 0) is 46.7 Å². The number of sulfonamides is 1. The summed E-state index contributed by atoms with van der Waals surface area (Å²) < 4.78 is 27.7. The van der Waals surface area contributed by atoms with Crippen LogP contribution in [-0.4, -0.2) is 20.4 Å². The second-order valence-electron chi connectivity index (χ2n) is 4.07. The molecule has 20 heavy (non-hydrogen) atoms. The van der Waals surface area contributed by atoms with E-state index in [4.69, 9.17) is 0 Å². The van der Waals surface area contributed by atoms with Crippen molar-refractivity contribution in [2.24, 2.45) is 0 Å². The number of rotatable bonds is 6. The van der Waals surface area contributed by atoms with Gasteiger partial charge in [-0.15, -0.1) is 11.3 Å². The monoisotopic (exact) mass is 375 g/mol. The molecule has 5 nitrogen and oxygen atoms in total. The zero-order valence-corrected chi connectivity index (χ0v) is 14.0. The molecule has 0 aliphatic rings. The van der Waals surface area contributed by atoms with Crippen molar-refractivity contribution in [3.63, 3.8) is 0 Å². The number of thiophene rings is 1. The molecular weight excluding hydrogens is 362 g/mol. The zero-order valence-electron chi connectivity index (χ0n) is 10.8. The Morgan fingerprint density at radius 2 is 2.05 bits per heavy atom. The van der Waals surface area contributed by atoms with Crippen LogP contribution in [0, 0.1) is 0 Å². The fraction of sp³-hybridized carbons (Fsp3) is 0.250. The van der Waals surface area contributed by atoms with Crippen molar-refractivity contribution in [1.82, 2.24) is 15.0 Å². The first-order chi connectivity index (χ1) is 9.51. The molecule has 2 heterocycles. The Morgan fingerprint density at radius 1 is 1.25 bits per heavy atom. The van der Waals surface area contributed by atoms with E-state index < -0.39 is 10.0 Å². The molecule has 2 N–H and O–H groups in total. The smallest absolute Gasteiger partial charge is 0.258 e. The number of pyridine rings is 1. The van der Waals surface area contributed by atoms with Crippen molar-refractivity contribution >= 4 is 37.3 Å². The van der Waals surface area contributed by atoms with E-state index in [1.807, 2.05) is 19.2 Å². The summed E-state index contributed by atoms with van der Waals surface area (Å²) in [6, 6.07) is 7.03. The van der Waals surface area contributed by atoms with E-state index in [9.17, 15) is 8.42 Å².